The highest BCUT2D eigenvalue weighted by molar-refractivity contribution is 5.77. The second-order valence-corrected chi connectivity index (χ2v) is 7.54. The van der Waals surface area contributed by atoms with Crippen molar-refractivity contribution in [2.45, 2.75) is 26.9 Å². The monoisotopic (exact) mass is 383 g/mol. The van der Waals surface area contributed by atoms with Gasteiger partial charge in [-0.25, -0.2) is 4.79 Å². The summed E-state index contributed by atoms with van der Waals surface area (Å²) in [6, 6.07) is 8.25. The van der Waals surface area contributed by atoms with E-state index in [0.717, 1.165) is 12.2 Å². The lowest BCUT2D eigenvalue weighted by Crippen LogP contribution is -2.41. The minimum Gasteiger partial charge on any atom is -0.383 e. The van der Waals surface area contributed by atoms with Gasteiger partial charge >= 0.3 is 5.69 Å². The lowest BCUT2D eigenvalue weighted by molar-refractivity contribution is 0.184. The first-order valence-corrected chi connectivity index (χ1v) is 9.45. The molecule has 0 amide bonds. The van der Waals surface area contributed by atoms with Crippen LogP contribution in [0.4, 0.5) is 11.6 Å². The fourth-order valence-corrected chi connectivity index (χ4v) is 3.83. The molecule has 3 heterocycles. The summed E-state index contributed by atoms with van der Waals surface area (Å²) in [5.41, 5.74) is 2.41. The molecule has 0 unspecified atom stereocenters. The minimum absolute atomic E-state index is 0.218. The Morgan fingerprint density at radius 2 is 1.89 bits per heavy atom. The number of nitrogens with zero attached hydrogens (tertiary/aromatic N) is 5. The zero-order valence-electron chi connectivity index (χ0n) is 16.7. The predicted octanol–water partition coefficient (Wildman–Crippen LogP) is 1.64. The van der Waals surface area contributed by atoms with E-state index in [1.54, 1.807) is 14.2 Å². The molecule has 0 bridgehead atoms. The molecular weight excluding hydrogens is 358 g/mol. The van der Waals surface area contributed by atoms with Gasteiger partial charge in [0.05, 0.1) is 13.2 Å². The molecule has 1 atom stereocenters. The number of hydrogen-bond donors (Lipinski definition) is 0. The second kappa shape index (κ2) is 6.94. The minimum atomic E-state index is -0.375. The average Bonchev–Trinajstić information content (AvgIpc) is 3.06. The van der Waals surface area contributed by atoms with E-state index in [2.05, 4.69) is 43.0 Å². The number of methoxy groups -OCH3 is 1. The highest BCUT2D eigenvalue weighted by Gasteiger charge is 2.29. The van der Waals surface area contributed by atoms with Crippen LogP contribution in [-0.2, 0) is 24.9 Å². The molecular formula is C20H25N5O3. The van der Waals surface area contributed by atoms with Crippen molar-refractivity contribution in [2.24, 2.45) is 13.0 Å². The van der Waals surface area contributed by atoms with Gasteiger partial charge < -0.3 is 14.2 Å². The third kappa shape index (κ3) is 2.84. The van der Waals surface area contributed by atoms with Crippen molar-refractivity contribution < 1.29 is 4.74 Å². The first kappa shape index (κ1) is 18.5. The van der Waals surface area contributed by atoms with Gasteiger partial charge in [-0.1, -0.05) is 24.6 Å². The third-order valence-electron chi connectivity index (χ3n) is 5.31. The molecule has 0 spiro atoms. The van der Waals surface area contributed by atoms with Crippen molar-refractivity contribution in [2.75, 3.05) is 25.2 Å². The van der Waals surface area contributed by atoms with Crippen LogP contribution in [-0.4, -0.2) is 38.9 Å². The van der Waals surface area contributed by atoms with E-state index in [4.69, 9.17) is 9.72 Å². The van der Waals surface area contributed by atoms with Crippen LogP contribution in [0.15, 0.2) is 33.9 Å². The molecule has 0 fully saturated rings. The van der Waals surface area contributed by atoms with Crippen molar-refractivity contribution in [3.8, 4) is 0 Å². The third-order valence-corrected chi connectivity index (χ3v) is 5.31. The summed E-state index contributed by atoms with van der Waals surface area (Å²) in [7, 11) is 3.21. The molecule has 148 valence electrons. The van der Waals surface area contributed by atoms with Gasteiger partial charge in [-0.2, -0.15) is 4.98 Å². The summed E-state index contributed by atoms with van der Waals surface area (Å²) in [5.74, 6) is 1.03. The van der Waals surface area contributed by atoms with Crippen molar-refractivity contribution in [1.29, 1.82) is 0 Å². The van der Waals surface area contributed by atoms with Crippen LogP contribution >= 0.6 is 0 Å². The maximum absolute atomic E-state index is 13.1. The largest absolute Gasteiger partial charge is 0.383 e. The number of rotatable bonds is 4. The van der Waals surface area contributed by atoms with Gasteiger partial charge in [0.15, 0.2) is 11.2 Å². The highest BCUT2D eigenvalue weighted by atomic mass is 16.5. The Morgan fingerprint density at radius 3 is 2.57 bits per heavy atom. The number of fused-ring (bicyclic) bond motifs is 3. The molecule has 1 aliphatic rings. The molecule has 4 rings (SSSR count). The van der Waals surface area contributed by atoms with Gasteiger partial charge in [0.2, 0.25) is 5.95 Å². The smallest absolute Gasteiger partial charge is 0.332 e. The number of ether oxygens (including phenoxy) is 1. The summed E-state index contributed by atoms with van der Waals surface area (Å²) in [6.45, 7) is 6.21. The molecule has 3 aromatic rings. The SMILES string of the molecule is COCCn1c(=O)c2c(nc3n2C[C@H](C)CN3c2ccc(C)cc2)n(C)c1=O. The summed E-state index contributed by atoms with van der Waals surface area (Å²) in [6.07, 6.45) is 0. The maximum Gasteiger partial charge on any atom is 0.332 e. The van der Waals surface area contributed by atoms with Gasteiger partial charge in [-0.3, -0.25) is 13.9 Å². The Hall–Kier alpha value is -2.87. The van der Waals surface area contributed by atoms with E-state index in [1.165, 1.54) is 14.7 Å². The Labute approximate surface area is 162 Å². The van der Waals surface area contributed by atoms with Crippen molar-refractivity contribution in [1.82, 2.24) is 18.7 Å². The first-order chi connectivity index (χ1) is 13.4. The molecule has 0 aliphatic carbocycles. The highest BCUT2D eigenvalue weighted by Crippen LogP contribution is 2.32. The Kier molecular flexibility index (Phi) is 4.58. The lowest BCUT2D eigenvalue weighted by atomic mass is 10.1. The summed E-state index contributed by atoms with van der Waals surface area (Å²) in [4.78, 5) is 32.7. The van der Waals surface area contributed by atoms with Gasteiger partial charge in [-0.15, -0.1) is 0 Å². The lowest BCUT2D eigenvalue weighted by Gasteiger charge is -2.33. The van der Waals surface area contributed by atoms with Gasteiger partial charge in [-0.05, 0) is 25.0 Å². The number of aryl methyl sites for hydroxylation is 2. The van der Waals surface area contributed by atoms with E-state index < -0.39 is 0 Å². The van der Waals surface area contributed by atoms with E-state index in [1.807, 2.05) is 4.57 Å². The molecule has 2 aromatic heterocycles. The molecule has 0 radical (unpaired) electrons. The quantitative estimate of drug-likeness (QED) is 0.685. The maximum atomic E-state index is 13.1. The molecule has 8 heteroatoms. The fraction of sp³-hybridized carbons (Fsp3) is 0.450. The molecule has 8 nitrogen and oxygen atoms in total. The van der Waals surface area contributed by atoms with E-state index in [-0.39, 0.29) is 17.8 Å². The number of hydrogen-bond acceptors (Lipinski definition) is 5. The number of aromatic nitrogens is 4. The normalized spacial score (nSPS) is 16.6. The van der Waals surface area contributed by atoms with Gasteiger partial charge in [0.25, 0.3) is 5.56 Å². The Balaban J connectivity index is 1.96. The van der Waals surface area contributed by atoms with E-state index in [0.29, 0.717) is 36.2 Å². The molecule has 0 N–H and O–H groups in total. The summed E-state index contributed by atoms with van der Waals surface area (Å²) >= 11 is 0. The van der Waals surface area contributed by atoms with Crippen LogP contribution in [0, 0.1) is 12.8 Å². The Morgan fingerprint density at radius 1 is 1.18 bits per heavy atom. The van der Waals surface area contributed by atoms with Crippen LogP contribution in [0.3, 0.4) is 0 Å². The molecule has 0 saturated carbocycles. The van der Waals surface area contributed by atoms with Gasteiger partial charge in [0, 0.05) is 32.9 Å². The number of benzene rings is 1. The molecule has 28 heavy (non-hydrogen) atoms. The van der Waals surface area contributed by atoms with Crippen LogP contribution in [0.25, 0.3) is 11.2 Å². The van der Waals surface area contributed by atoms with Crippen LogP contribution in [0.2, 0.25) is 0 Å². The van der Waals surface area contributed by atoms with E-state index >= 15 is 0 Å². The zero-order valence-corrected chi connectivity index (χ0v) is 16.7. The summed E-state index contributed by atoms with van der Waals surface area (Å²) in [5, 5.41) is 0. The topological polar surface area (TPSA) is 74.3 Å². The Bertz CT molecular complexity index is 1140. The van der Waals surface area contributed by atoms with Crippen molar-refractivity contribution in [3.05, 3.63) is 50.7 Å². The number of anilines is 2. The summed E-state index contributed by atoms with van der Waals surface area (Å²) < 4.78 is 9.70. The van der Waals surface area contributed by atoms with E-state index in [9.17, 15) is 9.59 Å². The average molecular weight is 383 g/mol. The standard InChI is InChI=1S/C20H25N5O3/c1-13-5-7-15(8-6-13)24-11-14(2)12-25-16-17(21-19(24)25)22(3)20(27)23(18(16)26)9-10-28-4/h5-8,14H,9-12H2,1-4H3/t14-/m1/s1. The second-order valence-electron chi connectivity index (χ2n) is 7.54. The number of imidazole rings is 1. The van der Waals surface area contributed by atoms with Gasteiger partial charge in [0.1, 0.15) is 0 Å². The van der Waals surface area contributed by atoms with Crippen molar-refractivity contribution >= 4 is 22.8 Å². The molecule has 1 aromatic carbocycles. The molecule has 1 aliphatic heterocycles. The van der Waals surface area contributed by atoms with Crippen LogP contribution in [0.1, 0.15) is 12.5 Å². The van der Waals surface area contributed by atoms with Crippen molar-refractivity contribution in [3.63, 3.8) is 0 Å². The van der Waals surface area contributed by atoms with Crippen LogP contribution < -0.4 is 16.1 Å². The predicted molar refractivity (Wildman–Crippen MR) is 108 cm³/mol. The molecule has 0 saturated heterocycles. The van der Waals surface area contributed by atoms with Crippen LogP contribution in [0.5, 0.6) is 0 Å². The fourth-order valence-electron chi connectivity index (χ4n) is 3.83. The first-order valence-electron chi connectivity index (χ1n) is 9.45. The zero-order chi connectivity index (χ0) is 20.0.